The summed E-state index contributed by atoms with van der Waals surface area (Å²) in [5, 5.41) is 3.59. The highest BCUT2D eigenvalue weighted by Crippen LogP contribution is 2.37. The molecule has 4 nitrogen and oxygen atoms in total. The van der Waals surface area contributed by atoms with Gasteiger partial charge in [0.05, 0.1) is 12.8 Å². The second-order valence-electron chi connectivity index (χ2n) is 8.68. The molecule has 0 bridgehead atoms. The van der Waals surface area contributed by atoms with Gasteiger partial charge in [-0.25, -0.2) is 0 Å². The van der Waals surface area contributed by atoms with Crippen LogP contribution in [0.4, 0.5) is 5.69 Å². The minimum atomic E-state index is 0.209. The molecule has 0 saturated carbocycles. The molecule has 1 atom stereocenters. The second kappa shape index (κ2) is 9.48. The van der Waals surface area contributed by atoms with Crippen molar-refractivity contribution < 1.29 is 9.53 Å². The van der Waals surface area contributed by atoms with Crippen molar-refractivity contribution in [1.82, 2.24) is 4.90 Å². The summed E-state index contributed by atoms with van der Waals surface area (Å²) in [5.74, 6) is 2.06. The van der Waals surface area contributed by atoms with Gasteiger partial charge in [-0.05, 0) is 61.9 Å². The van der Waals surface area contributed by atoms with Crippen molar-refractivity contribution in [3.8, 4) is 5.75 Å². The van der Waals surface area contributed by atoms with E-state index in [1.165, 1.54) is 18.4 Å². The van der Waals surface area contributed by atoms with E-state index in [1.54, 1.807) is 7.11 Å². The Morgan fingerprint density at radius 3 is 2.43 bits per heavy atom. The smallest absolute Gasteiger partial charge is 0.162 e. The van der Waals surface area contributed by atoms with Gasteiger partial charge < -0.3 is 10.1 Å². The van der Waals surface area contributed by atoms with Crippen LogP contribution < -0.4 is 10.1 Å². The van der Waals surface area contributed by atoms with E-state index in [9.17, 15) is 4.79 Å². The molecule has 1 heterocycles. The number of anilines is 1. The molecule has 1 unspecified atom stereocenters. The van der Waals surface area contributed by atoms with Crippen LogP contribution in [-0.2, 0) is 4.79 Å². The number of piperidine rings is 1. The van der Waals surface area contributed by atoms with Crippen LogP contribution >= 0.6 is 0 Å². The maximum atomic E-state index is 13.3. The van der Waals surface area contributed by atoms with Gasteiger partial charge in [0.15, 0.2) is 5.78 Å². The Kier molecular flexibility index (Phi) is 6.53. The summed E-state index contributed by atoms with van der Waals surface area (Å²) in [6.07, 6.45) is 3.85. The summed E-state index contributed by atoms with van der Waals surface area (Å²) in [7, 11) is 1.68. The molecule has 0 radical (unpaired) electrons. The maximum Gasteiger partial charge on any atom is 0.162 e. The molecule has 2 aromatic rings. The molecule has 1 aliphatic heterocycles. The second-order valence-corrected chi connectivity index (χ2v) is 8.68. The van der Waals surface area contributed by atoms with Gasteiger partial charge in [-0.2, -0.15) is 0 Å². The minimum Gasteiger partial charge on any atom is -0.495 e. The molecular formula is C26H32N2O2. The first-order chi connectivity index (χ1) is 14.6. The summed E-state index contributed by atoms with van der Waals surface area (Å²) in [6.45, 7) is 5.20. The van der Waals surface area contributed by atoms with Crippen molar-refractivity contribution in [2.45, 2.75) is 38.5 Å². The van der Waals surface area contributed by atoms with E-state index in [1.807, 2.05) is 30.3 Å². The predicted octanol–water partition coefficient (Wildman–Crippen LogP) is 5.24. The number of allylic oxidation sites excluding steroid dienone is 1. The van der Waals surface area contributed by atoms with Crippen LogP contribution in [0.15, 0.2) is 65.9 Å². The number of hydrogen-bond donors (Lipinski definition) is 1. The van der Waals surface area contributed by atoms with Crippen LogP contribution in [0.25, 0.3) is 0 Å². The molecule has 30 heavy (non-hydrogen) atoms. The SMILES string of the molecule is COc1ccccc1NC1=C(CN2CCC(C)CC2)C(=O)CC(c2ccccc2)C1. The standard InChI is InChI=1S/C26H32N2O2/c1-19-12-14-28(15-13-19)18-22-24(27-23-10-6-7-11-26(23)30-2)16-21(17-25(22)29)20-8-4-3-5-9-20/h3-11,19,21,27H,12-18H2,1-2H3. The molecule has 0 aromatic heterocycles. The number of ketones is 1. The van der Waals surface area contributed by atoms with Gasteiger partial charge in [0.2, 0.25) is 0 Å². The summed E-state index contributed by atoms with van der Waals surface area (Å²) in [6, 6.07) is 18.3. The Labute approximate surface area is 179 Å². The molecule has 0 spiro atoms. The van der Waals surface area contributed by atoms with Crippen LogP contribution in [0, 0.1) is 5.92 Å². The number of nitrogens with zero attached hydrogens (tertiary/aromatic N) is 1. The van der Waals surface area contributed by atoms with Gasteiger partial charge in [0.1, 0.15) is 5.75 Å². The molecule has 1 saturated heterocycles. The number of likely N-dealkylation sites (tertiary alicyclic amines) is 1. The maximum absolute atomic E-state index is 13.3. The fraction of sp³-hybridized carbons (Fsp3) is 0.423. The molecule has 1 fully saturated rings. The topological polar surface area (TPSA) is 41.6 Å². The van der Waals surface area contributed by atoms with E-state index in [2.05, 4.69) is 41.4 Å². The first-order valence-corrected chi connectivity index (χ1v) is 11.1. The molecule has 4 rings (SSSR count). The van der Waals surface area contributed by atoms with Crippen LogP contribution in [0.3, 0.4) is 0 Å². The van der Waals surface area contributed by atoms with Gasteiger partial charge >= 0.3 is 0 Å². The number of carbonyl (C=O) groups excluding carboxylic acids is 1. The van der Waals surface area contributed by atoms with Crippen LogP contribution in [-0.4, -0.2) is 37.4 Å². The molecular weight excluding hydrogens is 372 g/mol. The average molecular weight is 405 g/mol. The molecule has 158 valence electrons. The number of rotatable bonds is 6. The Balaban J connectivity index is 1.63. The zero-order chi connectivity index (χ0) is 20.9. The van der Waals surface area contributed by atoms with Crippen molar-refractivity contribution in [2.75, 3.05) is 32.1 Å². The number of methoxy groups -OCH3 is 1. The summed E-state index contributed by atoms with van der Waals surface area (Å²) < 4.78 is 5.54. The van der Waals surface area contributed by atoms with Crippen molar-refractivity contribution in [1.29, 1.82) is 0 Å². The Hall–Kier alpha value is -2.59. The molecule has 1 N–H and O–H groups in total. The Morgan fingerprint density at radius 1 is 1.00 bits per heavy atom. The lowest BCUT2D eigenvalue weighted by molar-refractivity contribution is -0.116. The molecule has 4 heteroatoms. The van der Waals surface area contributed by atoms with E-state index < -0.39 is 0 Å². The third kappa shape index (κ3) is 4.76. The van der Waals surface area contributed by atoms with Crippen LogP contribution in [0.5, 0.6) is 5.75 Å². The largest absolute Gasteiger partial charge is 0.495 e. The van der Waals surface area contributed by atoms with E-state index in [-0.39, 0.29) is 11.7 Å². The van der Waals surface area contributed by atoms with Crippen molar-refractivity contribution >= 4 is 11.5 Å². The Morgan fingerprint density at radius 2 is 1.70 bits per heavy atom. The summed E-state index contributed by atoms with van der Waals surface area (Å²) >= 11 is 0. The van der Waals surface area contributed by atoms with Crippen molar-refractivity contribution in [2.24, 2.45) is 5.92 Å². The van der Waals surface area contributed by atoms with E-state index >= 15 is 0 Å². The summed E-state index contributed by atoms with van der Waals surface area (Å²) in [5.41, 5.74) is 4.14. The highest BCUT2D eigenvalue weighted by Gasteiger charge is 2.30. The molecule has 1 aliphatic carbocycles. The normalized spacial score (nSPS) is 21.0. The summed E-state index contributed by atoms with van der Waals surface area (Å²) in [4.78, 5) is 15.8. The number of para-hydroxylation sites is 2. The fourth-order valence-corrected chi connectivity index (χ4v) is 4.58. The van der Waals surface area contributed by atoms with E-state index in [0.717, 1.165) is 54.7 Å². The number of carbonyl (C=O) groups is 1. The highest BCUT2D eigenvalue weighted by molar-refractivity contribution is 5.98. The fourth-order valence-electron chi connectivity index (χ4n) is 4.58. The first-order valence-electron chi connectivity index (χ1n) is 11.1. The lowest BCUT2D eigenvalue weighted by Crippen LogP contribution is -2.37. The van der Waals surface area contributed by atoms with Gasteiger partial charge in [-0.1, -0.05) is 49.4 Å². The zero-order valence-corrected chi connectivity index (χ0v) is 18.1. The molecule has 2 aliphatic rings. The molecule has 2 aromatic carbocycles. The number of benzene rings is 2. The Bertz CT molecular complexity index is 898. The predicted molar refractivity (Wildman–Crippen MR) is 122 cm³/mol. The number of hydrogen-bond acceptors (Lipinski definition) is 4. The lowest BCUT2D eigenvalue weighted by atomic mass is 9.81. The van der Waals surface area contributed by atoms with Gasteiger partial charge in [-0.3, -0.25) is 9.69 Å². The van der Waals surface area contributed by atoms with Gasteiger partial charge in [-0.15, -0.1) is 0 Å². The third-order valence-electron chi connectivity index (χ3n) is 6.50. The average Bonchev–Trinajstić information content (AvgIpc) is 2.78. The minimum absolute atomic E-state index is 0.209. The lowest BCUT2D eigenvalue weighted by Gasteiger charge is -2.34. The number of ether oxygens (including phenoxy) is 1. The first kappa shape index (κ1) is 20.7. The van der Waals surface area contributed by atoms with Gasteiger partial charge in [0, 0.05) is 24.2 Å². The number of Topliss-reactive ketones (excluding diaryl/α,β-unsaturated/α-hetero) is 1. The van der Waals surface area contributed by atoms with E-state index in [4.69, 9.17) is 4.74 Å². The highest BCUT2D eigenvalue weighted by atomic mass is 16.5. The van der Waals surface area contributed by atoms with Crippen LogP contribution in [0.1, 0.15) is 44.1 Å². The van der Waals surface area contributed by atoms with Crippen LogP contribution in [0.2, 0.25) is 0 Å². The monoisotopic (exact) mass is 404 g/mol. The molecule has 0 amide bonds. The third-order valence-corrected chi connectivity index (χ3v) is 6.50. The van der Waals surface area contributed by atoms with Crippen molar-refractivity contribution in [3.63, 3.8) is 0 Å². The quantitative estimate of drug-likeness (QED) is 0.715. The van der Waals surface area contributed by atoms with Crippen molar-refractivity contribution in [3.05, 3.63) is 71.4 Å². The van der Waals surface area contributed by atoms with E-state index in [0.29, 0.717) is 6.42 Å². The van der Waals surface area contributed by atoms with Gasteiger partial charge in [0.25, 0.3) is 0 Å². The zero-order valence-electron chi connectivity index (χ0n) is 18.1. The number of nitrogens with one attached hydrogen (secondary N) is 1.